The van der Waals surface area contributed by atoms with Crippen LogP contribution in [0.15, 0.2) is 48.5 Å². The van der Waals surface area contributed by atoms with E-state index in [4.69, 9.17) is 14.0 Å². The Balaban J connectivity index is 1.37. The molecule has 0 saturated carbocycles. The van der Waals surface area contributed by atoms with Gasteiger partial charge in [0.25, 0.3) is 0 Å². The third-order valence-corrected chi connectivity index (χ3v) is 7.67. The highest BCUT2D eigenvalue weighted by Gasteiger charge is 2.51. The van der Waals surface area contributed by atoms with Crippen LogP contribution in [0.5, 0.6) is 0 Å². The van der Waals surface area contributed by atoms with E-state index in [1.165, 1.54) is 22.3 Å². The monoisotopic (exact) mass is 463 g/mol. The number of rotatable bonds is 6. The molecule has 182 valence electrons. The Morgan fingerprint density at radius 2 is 1.47 bits per heavy atom. The summed E-state index contributed by atoms with van der Waals surface area (Å²) in [5.41, 5.74) is 4.04. The fraction of sp³-hybridized carbons (Fsp3) is 0.536. The fourth-order valence-electron chi connectivity index (χ4n) is 4.89. The Morgan fingerprint density at radius 1 is 0.971 bits per heavy atom. The summed E-state index contributed by atoms with van der Waals surface area (Å²) in [5.74, 6) is 0.0518. The molecule has 1 atom stereocenters. The Kier molecular flexibility index (Phi) is 6.60. The van der Waals surface area contributed by atoms with Crippen LogP contribution in [0, 0.1) is 5.41 Å². The first-order valence-electron chi connectivity index (χ1n) is 12.4. The van der Waals surface area contributed by atoms with Gasteiger partial charge >= 0.3 is 13.2 Å². The van der Waals surface area contributed by atoms with Crippen molar-refractivity contribution < 1.29 is 18.8 Å². The third-order valence-electron chi connectivity index (χ3n) is 7.67. The second-order valence-corrected chi connectivity index (χ2v) is 11.7. The molecule has 1 heterocycles. The van der Waals surface area contributed by atoms with Gasteiger partial charge in [-0.25, -0.2) is 4.79 Å². The van der Waals surface area contributed by atoms with Crippen LogP contribution >= 0.6 is 0 Å². The van der Waals surface area contributed by atoms with Gasteiger partial charge in [-0.2, -0.15) is 0 Å². The van der Waals surface area contributed by atoms with Crippen molar-refractivity contribution >= 4 is 13.2 Å². The molecule has 1 amide bonds. The minimum absolute atomic E-state index is 0.0518. The average molecular weight is 463 g/mol. The standard InChI is InChI=1S/C28H38BNO4/c1-26(2,3)24(16-17-29-33-27(4,5)28(6,7)34-29)30-25(31)32-18-23-21-14-10-8-12-19(21)20-13-9-11-15-22(20)23/h8-15,23-24H,16-18H2,1-7H3,(H,30,31)/t24-/m0/s1. The van der Waals surface area contributed by atoms with Gasteiger partial charge < -0.3 is 19.4 Å². The molecule has 1 N–H and O–H groups in total. The van der Waals surface area contributed by atoms with Crippen LogP contribution in [0.2, 0.25) is 6.32 Å². The molecule has 0 radical (unpaired) electrons. The molecule has 1 fully saturated rings. The molecule has 2 aliphatic rings. The van der Waals surface area contributed by atoms with Gasteiger partial charge in [0.15, 0.2) is 0 Å². The van der Waals surface area contributed by atoms with Crippen molar-refractivity contribution in [3.8, 4) is 11.1 Å². The van der Waals surface area contributed by atoms with Gasteiger partial charge in [0, 0.05) is 12.0 Å². The van der Waals surface area contributed by atoms with Crippen molar-refractivity contribution in [2.75, 3.05) is 6.61 Å². The topological polar surface area (TPSA) is 56.8 Å². The van der Waals surface area contributed by atoms with Crippen LogP contribution in [0.25, 0.3) is 11.1 Å². The van der Waals surface area contributed by atoms with Crippen LogP contribution in [-0.2, 0) is 14.0 Å². The molecule has 1 aliphatic carbocycles. The number of ether oxygens (including phenoxy) is 1. The molecule has 2 aromatic carbocycles. The van der Waals surface area contributed by atoms with Gasteiger partial charge in [-0.1, -0.05) is 69.3 Å². The first kappa shape index (κ1) is 24.8. The lowest BCUT2D eigenvalue weighted by Gasteiger charge is -2.32. The van der Waals surface area contributed by atoms with E-state index in [0.717, 1.165) is 6.42 Å². The van der Waals surface area contributed by atoms with E-state index in [-0.39, 0.29) is 41.8 Å². The number of carbonyl (C=O) groups is 1. The van der Waals surface area contributed by atoms with Gasteiger partial charge in [0.05, 0.1) is 11.2 Å². The Labute approximate surface area is 204 Å². The largest absolute Gasteiger partial charge is 0.457 e. The fourth-order valence-corrected chi connectivity index (χ4v) is 4.89. The lowest BCUT2D eigenvalue weighted by Crippen LogP contribution is -2.44. The number of hydrogen-bond donors (Lipinski definition) is 1. The number of alkyl carbamates (subject to hydrolysis) is 1. The quantitative estimate of drug-likeness (QED) is 0.502. The highest BCUT2D eigenvalue weighted by atomic mass is 16.7. The third kappa shape index (κ3) is 4.89. The zero-order chi connectivity index (χ0) is 24.7. The minimum Gasteiger partial charge on any atom is -0.449 e. The molecule has 0 aromatic heterocycles. The zero-order valence-corrected chi connectivity index (χ0v) is 21.6. The summed E-state index contributed by atoms with van der Waals surface area (Å²) in [7, 11) is -0.279. The predicted molar refractivity (Wildman–Crippen MR) is 137 cm³/mol. The molecule has 4 rings (SSSR count). The molecule has 34 heavy (non-hydrogen) atoms. The molecule has 5 nitrogen and oxygen atoms in total. The number of carbonyl (C=O) groups excluding carboxylic acids is 1. The van der Waals surface area contributed by atoms with Crippen LogP contribution in [0.3, 0.4) is 0 Å². The van der Waals surface area contributed by atoms with Gasteiger partial charge in [-0.15, -0.1) is 0 Å². The Bertz CT molecular complexity index is 981. The van der Waals surface area contributed by atoms with Gasteiger partial charge in [-0.3, -0.25) is 0 Å². The number of hydrogen-bond acceptors (Lipinski definition) is 4. The van der Waals surface area contributed by atoms with E-state index in [1.807, 2.05) is 12.1 Å². The summed E-state index contributed by atoms with van der Waals surface area (Å²) >= 11 is 0. The average Bonchev–Trinajstić information content (AvgIpc) is 3.18. The molecular weight excluding hydrogens is 425 g/mol. The summed E-state index contributed by atoms with van der Waals surface area (Å²) in [6, 6.07) is 16.7. The number of fused-ring (bicyclic) bond motifs is 3. The smallest absolute Gasteiger partial charge is 0.449 e. The second kappa shape index (κ2) is 9.05. The highest BCUT2D eigenvalue weighted by Crippen LogP contribution is 2.44. The van der Waals surface area contributed by atoms with Crippen LogP contribution < -0.4 is 5.32 Å². The van der Waals surface area contributed by atoms with Crippen LogP contribution in [0.4, 0.5) is 4.79 Å². The summed E-state index contributed by atoms with van der Waals surface area (Å²) in [4.78, 5) is 12.9. The predicted octanol–water partition coefficient (Wildman–Crippen LogP) is 6.42. The number of benzene rings is 2. The van der Waals surface area contributed by atoms with Crippen molar-refractivity contribution in [1.82, 2.24) is 5.32 Å². The molecule has 0 spiro atoms. The van der Waals surface area contributed by atoms with Crippen molar-refractivity contribution in [3.63, 3.8) is 0 Å². The van der Waals surface area contributed by atoms with E-state index in [2.05, 4.69) is 90.2 Å². The molecule has 2 aromatic rings. The molecule has 1 saturated heterocycles. The van der Waals surface area contributed by atoms with Crippen LogP contribution in [0.1, 0.15) is 71.9 Å². The number of nitrogens with one attached hydrogen (secondary N) is 1. The molecular formula is C28H38BNO4. The zero-order valence-electron chi connectivity index (χ0n) is 21.6. The molecule has 6 heteroatoms. The lowest BCUT2D eigenvalue weighted by molar-refractivity contribution is 0.00578. The van der Waals surface area contributed by atoms with Crippen molar-refractivity contribution in [1.29, 1.82) is 0 Å². The first-order chi connectivity index (χ1) is 15.9. The maximum absolute atomic E-state index is 12.9. The van der Waals surface area contributed by atoms with Gasteiger partial charge in [0.1, 0.15) is 6.61 Å². The van der Waals surface area contributed by atoms with E-state index in [9.17, 15) is 4.79 Å². The van der Waals surface area contributed by atoms with Gasteiger partial charge in [-0.05, 0) is 68.1 Å². The maximum Gasteiger partial charge on any atom is 0.457 e. The van der Waals surface area contributed by atoms with E-state index < -0.39 is 0 Å². The summed E-state index contributed by atoms with van der Waals surface area (Å²) in [6.07, 6.45) is 1.07. The van der Waals surface area contributed by atoms with E-state index in [0.29, 0.717) is 12.9 Å². The summed E-state index contributed by atoms with van der Waals surface area (Å²) < 4.78 is 18.1. The van der Waals surface area contributed by atoms with Crippen molar-refractivity contribution in [3.05, 3.63) is 59.7 Å². The Morgan fingerprint density at radius 3 is 1.97 bits per heavy atom. The van der Waals surface area contributed by atoms with Crippen LogP contribution in [-0.4, -0.2) is 37.1 Å². The number of amides is 1. The summed E-state index contributed by atoms with van der Waals surface area (Å²) in [6.45, 7) is 14.9. The van der Waals surface area contributed by atoms with E-state index in [1.54, 1.807) is 0 Å². The first-order valence-corrected chi connectivity index (χ1v) is 12.4. The lowest BCUT2D eigenvalue weighted by atomic mass is 9.75. The van der Waals surface area contributed by atoms with Crippen molar-refractivity contribution in [2.45, 2.75) is 84.4 Å². The molecule has 0 bridgehead atoms. The Hall–Kier alpha value is -2.31. The summed E-state index contributed by atoms with van der Waals surface area (Å²) in [5, 5.41) is 3.12. The van der Waals surface area contributed by atoms with Crippen molar-refractivity contribution in [2.24, 2.45) is 5.41 Å². The van der Waals surface area contributed by atoms with Gasteiger partial charge in [0.2, 0.25) is 0 Å². The minimum atomic E-state index is -0.379. The maximum atomic E-state index is 12.9. The normalized spacial score (nSPS) is 19.4. The molecule has 0 unspecified atom stereocenters. The van der Waals surface area contributed by atoms with E-state index >= 15 is 0 Å². The highest BCUT2D eigenvalue weighted by molar-refractivity contribution is 6.45. The SMILES string of the molecule is CC(C)(C)[C@H](CCB1OC(C)(C)C(C)(C)O1)NC(=O)OCC1c2ccccc2-c2ccccc21. The second-order valence-electron chi connectivity index (χ2n) is 11.7. The molecule has 1 aliphatic heterocycles.